The van der Waals surface area contributed by atoms with Gasteiger partial charge >= 0.3 is 0 Å². The first kappa shape index (κ1) is 25.7. The number of benzene rings is 2. The minimum Gasteiger partial charge on any atom is -0.333 e. The molecule has 1 fully saturated rings. The summed E-state index contributed by atoms with van der Waals surface area (Å²) in [5.41, 5.74) is 4.68. The lowest BCUT2D eigenvalue weighted by molar-refractivity contribution is -0.135. The zero-order valence-corrected chi connectivity index (χ0v) is 21.8. The predicted molar refractivity (Wildman–Crippen MR) is 145 cm³/mol. The maximum atomic E-state index is 13.4. The van der Waals surface area contributed by atoms with Crippen molar-refractivity contribution in [1.82, 2.24) is 14.7 Å². The minimum absolute atomic E-state index is 0.0452. The molecule has 4 rings (SSSR count). The Balaban J connectivity index is 1.58. The van der Waals surface area contributed by atoms with E-state index >= 15 is 0 Å². The van der Waals surface area contributed by atoms with Crippen LogP contribution in [0.15, 0.2) is 54.6 Å². The van der Waals surface area contributed by atoms with Crippen LogP contribution in [-0.2, 0) is 9.59 Å². The second-order valence-electron chi connectivity index (χ2n) is 9.93. The Kier molecular flexibility index (Phi) is 8.57. The summed E-state index contributed by atoms with van der Waals surface area (Å²) in [5, 5.41) is 7.95. The zero-order chi connectivity index (χ0) is 25.5. The van der Waals surface area contributed by atoms with Crippen LogP contribution in [0.5, 0.6) is 0 Å². The van der Waals surface area contributed by atoms with Crippen molar-refractivity contribution in [2.75, 3.05) is 18.4 Å². The second-order valence-corrected chi connectivity index (χ2v) is 9.93. The third-order valence-corrected chi connectivity index (χ3v) is 7.15. The molecule has 36 heavy (non-hydrogen) atoms. The predicted octanol–water partition coefficient (Wildman–Crippen LogP) is 6.30. The lowest BCUT2D eigenvalue weighted by Crippen LogP contribution is -2.38. The molecule has 190 valence electrons. The molecule has 0 bridgehead atoms. The molecule has 0 aliphatic heterocycles. The maximum absolute atomic E-state index is 13.4. The van der Waals surface area contributed by atoms with E-state index in [2.05, 4.69) is 5.32 Å². The van der Waals surface area contributed by atoms with Gasteiger partial charge in [0.2, 0.25) is 11.8 Å². The van der Waals surface area contributed by atoms with Crippen LogP contribution in [0.1, 0.15) is 63.1 Å². The van der Waals surface area contributed by atoms with Gasteiger partial charge in [-0.05, 0) is 49.8 Å². The first-order valence-electron chi connectivity index (χ1n) is 13.3. The quantitative estimate of drug-likeness (QED) is 0.365. The number of carbonyl (C=O) groups excluding carboxylic acids is 2. The van der Waals surface area contributed by atoms with Crippen LogP contribution in [0.25, 0.3) is 16.8 Å². The number of hydrogen-bond acceptors (Lipinski definition) is 3. The van der Waals surface area contributed by atoms with Crippen LogP contribution >= 0.6 is 0 Å². The first-order valence-corrected chi connectivity index (χ1v) is 13.3. The Morgan fingerprint density at radius 3 is 2.42 bits per heavy atom. The summed E-state index contributed by atoms with van der Waals surface area (Å²) >= 11 is 0. The molecule has 2 aromatic carbocycles. The molecular weight excluding hydrogens is 448 g/mol. The molecule has 1 aliphatic rings. The Bertz CT molecular complexity index is 1180. The minimum atomic E-state index is -0.204. The molecule has 1 heterocycles. The topological polar surface area (TPSA) is 67.2 Å². The highest BCUT2D eigenvalue weighted by molar-refractivity contribution is 5.98. The lowest BCUT2D eigenvalue weighted by Gasteiger charge is -2.23. The van der Waals surface area contributed by atoms with Crippen molar-refractivity contribution >= 4 is 17.6 Å². The normalized spacial score (nSPS) is 13.6. The highest BCUT2D eigenvalue weighted by atomic mass is 16.2. The third kappa shape index (κ3) is 6.04. The van der Waals surface area contributed by atoms with Crippen LogP contribution in [-0.4, -0.2) is 39.6 Å². The van der Waals surface area contributed by atoms with Crippen LogP contribution in [0.3, 0.4) is 0 Å². The van der Waals surface area contributed by atoms with E-state index in [1.54, 1.807) is 4.90 Å². The number of aryl methyl sites for hydroxylation is 2. The van der Waals surface area contributed by atoms with E-state index < -0.39 is 0 Å². The zero-order valence-electron chi connectivity index (χ0n) is 21.8. The van der Waals surface area contributed by atoms with Gasteiger partial charge in [-0.3, -0.25) is 9.59 Å². The molecule has 0 saturated heterocycles. The Labute approximate surface area is 214 Å². The first-order chi connectivity index (χ1) is 17.5. The van der Waals surface area contributed by atoms with E-state index in [-0.39, 0.29) is 18.4 Å². The number of nitrogens with zero attached hydrogens (tertiary/aromatic N) is 3. The summed E-state index contributed by atoms with van der Waals surface area (Å²) in [6, 6.07) is 18.0. The van der Waals surface area contributed by atoms with Gasteiger partial charge in [0.05, 0.1) is 17.9 Å². The molecule has 6 nitrogen and oxygen atoms in total. The standard InChI is InChI=1S/C30H38N4O2/c1-4-20-33(28(36)19-18-24-13-9-10-14-24)21-27(35)31-30-29(25-15-6-5-7-16-25)23(3)32-34(30)26-17-11-8-12-22(26)2/h5-8,11-12,15-17,24H,4,9-10,13-14,18-21H2,1-3H3,(H,31,35). The fourth-order valence-corrected chi connectivity index (χ4v) is 5.26. The molecule has 1 saturated carbocycles. The SMILES string of the molecule is CCCN(CC(=O)Nc1c(-c2ccccc2)c(C)nn1-c1ccccc1C)C(=O)CCC1CCCC1. The Morgan fingerprint density at radius 2 is 1.72 bits per heavy atom. The smallest absolute Gasteiger partial charge is 0.245 e. The van der Waals surface area contributed by atoms with Gasteiger partial charge in [0.1, 0.15) is 5.82 Å². The fourth-order valence-electron chi connectivity index (χ4n) is 5.26. The van der Waals surface area contributed by atoms with Gasteiger partial charge in [-0.1, -0.05) is 81.1 Å². The molecule has 3 aromatic rings. The Morgan fingerprint density at radius 1 is 1.03 bits per heavy atom. The highest BCUT2D eigenvalue weighted by Gasteiger charge is 2.24. The van der Waals surface area contributed by atoms with Crippen molar-refractivity contribution < 1.29 is 9.59 Å². The van der Waals surface area contributed by atoms with Crippen molar-refractivity contribution in [3.8, 4) is 16.8 Å². The summed E-state index contributed by atoms with van der Waals surface area (Å²) in [5.74, 6) is 1.16. The van der Waals surface area contributed by atoms with E-state index in [1.807, 2.05) is 80.1 Å². The monoisotopic (exact) mass is 486 g/mol. The summed E-state index contributed by atoms with van der Waals surface area (Å²) < 4.78 is 1.82. The van der Waals surface area contributed by atoms with Crippen LogP contribution in [0.4, 0.5) is 5.82 Å². The highest BCUT2D eigenvalue weighted by Crippen LogP contribution is 2.34. The molecule has 0 radical (unpaired) electrons. The van der Waals surface area contributed by atoms with Gasteiger partial charge < -0.3 is 10.2 Å². The number of nitrogens with one attached hydrogen (secondary N) is 1. The Hall–Kier alpha value is -3.41. The van der Waals surface area contributed by atoms with Gasteiger partial charge in [-0.15, -0.1) is 0 Å². The summed E-state index contributed by atoms with van der Waals surface area (Å²) in [7, 11) is 0. The van der Waals surface area contributed by atoms with Gasteiger partial charge in [-0.25, -0.2) is 4.68 Å². The number of aromatic nitrogens is 2. The number of anilines is 1. The van der Waals surface area contributed by atoms with Gasteiger partial charge in [0.25, 0.3) is 0 Å². The number of carbonyl (C=O) groups is 2. The van der Waals surface area contributed by atoms with Crippen molar-refractivity contribution in [3.05, 3.63) is 65.9 Å². The largest absolute Gasteiger partial charge is 0.333 e. The maximum Gasteiger partial charge on any atom is 0.245 e. The molecule has 0 atom stereocenters. The number of hydrogen-bond donors (Lipinski definition) is 1. The molecule has 1 aromatic heterocycles. The molecular formula is C30H38N4O2. The lowest BCUT2D eigenvalue weighted by atomic mass is 10.0. The number of amides is 2. The van der Waals surface area contributed by atoms with Gasteiger partial charge in [0, 0.05) is 18.5 Å². The van der Waals surface area contributed by atoms with E-state index in [0.717, 1.165) is 40.9 Å². The summed E-state index contributed by atoms with van der Waals surface area (Å²) in [6.07, 6.45) is 7.27. The van der Waals surface area contributed by atoms with E-state index in [1.165, 1.54) is 25.7 Å². The molecule has 1 N–H and O–H groups in total. The van der Waals surface area contributed by atoms with E-state index in [0.29, 0.717) is 24.7 Å². The molecule has 1 aliphatic carbocycles. The summed E-state index contributed by atoms with van der Waals surface area (Å²) in [4.78, 5) is 28.1. The average Bonchev–Trinajstić information content (AvgIpc) is 3.51. The fraction of sp³-hybridized carbons (Fsp3) is 0.433. The average molecular weight is 487 g/mol. The van der Waals surface area contributed by atoms with Crippen molar-refractivity contribution in [3.63, 3.8) is 0 Å². The van der Waals surface area contributed by atoms with Crippen molar-refractivity contribution in [1.29, 1.82) is 0 Å². The molecule has 2 amide bonds. The van der Waals surface area contributed by atoms with E-state index in [9.17, 15) is 9.59 Å². The molecule has 0 spiro atoms. The third-order valence-electron chi connectivity index (χ3n) is 7.15. The van der Waals surface area contributed by atoms with Crippen molar-refractivity contribution in [2.45, 2.75) is 65.7 Å². The van der Waals surface area contributed by atoms with Gasteiger partial charge in [-0.2, -0.15) is 5.10 Å². The van der Waals surface area contributed by atoms with Crippen LogP contribution in [0.2, 0.25) is 0 Å². The second kappa shape index (κ2) is 12.0. The number of para-hydroxylation sites is 1. The van der Waals surface area contributed by atoms with E-state index in [4.69, 9.17) is 5.10 Å². The molecule has 6 heteroatoms. The number of rotatable bonds is 10. The van der Waals surface area contributed by atoms with Crippen LogP contribution in [0, 0.1) is 19.8 Å². The summed E-state index contributed by atoms with van der Waals surface area (Å²) in [6.45, 7) is 6.66. The van der Waals surface area contributed by atoms with Crippen molar-refractivity contribution in [2.24, 2.45) is 5.92 Å². The van der Waals surface area contributed by atoms with Gasteiger partial charge in [0.15, 0.2) is 0 Å². The van der Waals surface area contributed by atoms with Crippen LogP contribution < -0.4 is 5.32 Å². The molecule has 0 unspecified atom stereocenters.